The lowest BCUT2D eigenvalue weighted by atomic mass is 10.1. The van der Waals surface area contributed by atoms with Crippen LogP contribution in [0.1, 0.15) is 11.1 Å². The summed E-state index contributed by atoms with van der Waals surface area (Å²) in [6.07, 6.45) is 0.549. The van der Waals surface area contributed by atoms with Crippen LogP contribution in [0.5, 0.6) is 0 Å². The summed E-state index contributed by atoms with van der Waals surface area (Å²) in [5.74, 6) is -0.966. The lowest BCUT2D eigenvalue weighted by molar-refractivity contribution is -0.384. The van der Waals surface area contributed by atoms with Crippen molar-refractivity contribution < 1.29 is 13.7 Å². The molecule has 0 amide bonds. The summed E-state index contributed by atoms with van der Waals surface area (Å²) in [5, 5.41) is 13.3. The van der Waals surface area contributed by atoms with Crippen molar-refractivity contribution in [2.75, 3.05) is 11.9 Å². The van der Waals surface area contributed by atoms with Gasteiger partial charge in [-0.2, -0.15) is 0 Å². The zero-order valence-electron chi connectivity index (χ0n) is 11.4. The largest absolute Gasteiger partial charge is 0.382 e. The average Bonchev–Trinajstić information content (AvgIpc) is 2.45. The molecule has 0 saturated heterocycles. The normalized spacial score (nSPS) is 10.4. The minimum absolute atomic E-state index is 0.0263. The lowest BCUT2D eigenvalue weighted by Crippen LogP contribution is -2.07. The van der Waals surface area contributed by atoms with Crippen LogP contribution in [-0.2, 0) is 6.42 Å². The van der Waals surface area contributed by atoms with E-state index in [2.05, 4.69) is 5.32 Å². The number of aryl methyl sites for hydroxylation is 1. The molecule has 0 aromatic heterocycles. The Morgan fingerprint density at radius 1 is 1.14 bits per heavy atom. The highest BCUT2D eigenvalue weighted by molar-refractivity contribution is 5.47. The fourth-order valence-electron chi connectivity index (χ4n) is 1.91. The van der Waals surface area contributed by atoms with Crippen LogP contribution in [-0.4, -0.2) is 11.5 Å². The number of rotatable bonds is 5. The molecule has 0 unspecified atom stereocenters. The molecule has 4 nitrogen and oxygen atoms in total. The van der Waals surface area contributed by atoms with Gasteiger partial charge in [0.05, 0.1) is 10.6 Å². The van der Waals surface area contributed by atoms with Gasteiger partial charge in [-0.15, -0.1) is 0 Å². The Balaban J connectivity index is 1.95. The number of nitro groups is 1. The molecule has 2 aromatic rings. The van der Waals surface area contributed by atoms with Crippen molar-refractivity contribution in [3.05, 3.63) is 69.3 Å². The van der Waals surface area contributed by atoms with Crippen LogP contribution in [0, 0.1) is 28.7 Å². The molecule has 0 radical (unpaired) electrons. The van der Waals surface area contributed by atoms with Gasteiger partial charge < -0.3 is 5.32 Å². The number of nitrogens with one attached hydrogen (secondary N) is 1. The molecule has 0 spiro atoms. The molecule has 2 rings (SSSR count). The number of nitro benzene ring substituents is 1. The molecular formula is C15H14F2N2O2. The SMILES string of the molecule is Cc1cc(F)c(NCCc2ccc([N+](=O)[O-])cc2)cc1F. The summed E-state index contributed by atoms with van der Waals surface area (Å²) in [6, 6.07) is 8.39. The van der Waals surface area contributed by atoms with E-state index in [1.165, 1.54) is 19.1 Å². The molecule has 110 valence electrons. The van der Waals surface area contributed by atoms with Crippen molar-refractivity contribution in [2.45, 2.75) is 13.3 Å². The minimum Gasteiger partial charge on any atom is -0.382 e. The zero-order chi connectivity index (χ0) is 15.4. The van der Waals surface area contributed by atoms with Crippen LogP contribution in [0.3, 0.4) is 0 Å². The van der Waals surface area contributed by atoms with Gasteiger partial charge in [-0.25, -0.2) is 8.78 Å². The monoisotopic (exact) mass is 292 g/mol. The number of halogens is 2. The molecule has 0 fully saturated rings. The first kappa shape index (κ1) is 14.9. The Kier molecular flexibility index (Phi) is 4.47. The van der Waals surface area contributed by atoms with E-state index in [4.69, 9.17) is 0 Å². The molecule has 0 atom stereocenters. The van der Waals surface area contributed by atoms with Crippen molar-refractivity contribution >= 4 is 11.4 Å². The molecule has 6 heteroatoms. The van der Waals surface area contributed by atoms with Gasteiger partial charge in [0.2, 0.25) is 0 Å². The van der Waals surface area contributed by atoms with Crippen LogP contribution in [0.2, 0.25) is 0 Å². The first-order valence-corrected chi connectivity index (χ1v) is 6.40. The van der Waals surface area contributed by atoms with E-state index in [9.17, 15) is 18.9 Å². The molecule has 1 N–H and O–H groups in total. The van der Waals surface area contributed by atoms with Crippen LogP contribution >= 0.6 is 0 Å². The van der Waals surface area contributed by atoms with Crippen LogP contribution in [0.25, 0.3) is 0 Å². The summed E-state index contributed by atoms with van der Waals surface area (Å²) < 4.78 is 27.0. The van der Waals surface area contributed by atoms with Crippen LogP contribution in [0.15, 0.2) is 36.4 Å². The first-order chi connectivity index (χ1) is 9.97. The molecule has 0 heterocycles. The highest BCUT2D eigenvalue weighted by Crippen LogP contribution is 2.19. The summed E-state index contributed by atoms with van der Waals surface area (Å²) in [7, 11) is 0. The highest BCUT2D eigenvalue weighted by atomic mass is 19.1. The average molecular weight is 292 g/mol. The fraction of sp³-hybridized carbons (Fsp3) is 0.200. The fourth-order valence-corrected chi connectivity index (χ4v) is 1.91. The van der Waals surface area contributed by atoms with Gasteiger partial charge in [-0.05, 0) is 30.5 Å². The quantitative estimate of drug-likeness (QED) is 0.673. The number of nitrogens with zero attached hydrogens (tertiary/aromatic N) is 1. The third-order valence-electron chi connectivity index (χ3n) is 3.12. The zero-order valence-corrected chi connectivity index (χ0v) is 11.4. The number of hydrogen-bond donors (Lipinski definition) is 1. The van der Waals surface area contributed by atoms with E-state index < -0.39 is 16.6 Å². The van der Waals surface area contributed by atoms with Crippen molar-refractivity contribution in [3.63, 3.8) is 0 Å². The summed E-state index contributed by atoms with van der Waals surface area (Å²) in [5.41, 5.74) is 1.27. The second kappa shape index (κ2) is 6.30. The Labute approximate surface area is 120 Å². The number of anilines is 1. The topological polar surface area (TPSA) is 55.2 Å². The molecule has 21 heavy (non-hydrogen) atoms. The Morgan fingerprint density at radius 2 is 1.81 bits per heavy atom. The standard InChI is InChI=1S/C15H14F2N2O2/c1-10-8-14(17)15(9-13(10)16)18-7-6-11-2-4-12(5-3-11)19(20)21/h2-5,8-9,18H,6-7H2,1H3. The van der Waals surface area contributed by atoms with Gasteiger partial charge in [0, 0.05) is 24.7 Å². The first-order valence-electron chi connectivity index (χ1n) is 6.40. The summed E-state index contributed by atoms with van der Waals surface area (Å²) >= 11 is 0. The second-order valence-electron chi connectivity index (χ2n) is 4.68. The maximum absolute atomic E-state index is 13.6. The third-order valence-corrected chi connectivity index (χ3v) is 3.12. The number of non-ortho nitro benzene ring substituents is 1. The summed E-state index contributed by atoms with van der Waals surface area (Å²) in [4.78, 5) is 10.1. The van der Waals surface area contributed by atoms with E-state index >= 15 is 0 Å². The van der Waals surface area contributed by atoms with Crippen molar-refractivity contribution in [2.24, 2.45) is 0 Å². The molecule has 2 aromatic carbocycles. The van der Waals surface area contributed by atoms with Crippen LogP contribution in [0.4, 0.5) is 20.2 Å². The maximum atomic E-state index is 13.6. The van der Waals surface area contributed by atoms with Crippen LogP contribution < -0.4 is 5.32 Å². The highest BCUT2D eigenvalue weighted by Gasteiger charge is 2.07. The molecule has 0 aliphatic carbocycles. The molecule has 0 aliphatic rings. The number of benzene rings is 2. The van der Waals surface area contributed by atoms with E-state index in [1.807, 2.05) is 0 Å². The predicted octanol–water partition coefficient (Wildman–Crippen LogP) is 3.84. The minimum atomic E-state index is -0.502. The van der Waals surface area contributed by atoms with E-state index in [1.54, 1.807) is 12.1 Å². The van der Waals surface area contributed by atoms with E-state index in [-0.39, 0.29) is 16.9 Å². The smallest absolute Gasteiger partial charge is 0.269 e. The predicted molar refractivity (Wildman–Crippen MR) is 76.4 cm³/mol. The maximum Gasteiger partial charge on any atom is 0.269 e. The van der Waals surface area contributed by atoms with Crippen molar-refractivity contribution in [3.8, 4) is 0 Å². The van der Waals surface area contributed by atoms with Crippen molar-refractivity contribution in [1.29, 1.82) is 0 Å². The van der Waals surface area contributed by atoms with Gasteiger partial charge >= 0.3 is 0 Å². The molecule has 0 saturated carbocycles. The van der Waals surface area contributed by atoms with Gasteiger partial charge in [-0.3, -0.25) is 10.1 Å². The van der Waals surface area contributed by atoms with E-state index in [0.717, 1.165) is 17.7 Å². The van der Waals surface area contributed by atoms with Gasteiger partial charge in [-0.1, -0.05) is 12.1 Å². The summed E-state index contributed by atoms with van der Waals surface area (Å²) in [6.45, 7) is 1.90. The van der Waals surface area contributed by atoms with Crippen molar-refractivity contribution in [1.82, 2.24) is 0 Å². The van der Waals surface area contributed by atoms with Gasteiger partial charge in [0.1, 0.15) is 11.6 Å². The van der Waals surface area contributed by atoms with E-state index in [0.29, 0.717) is 13.0 Å². The number of hydrogen-bond acceptors (Lipinski definition) is 3. The second-order valence-corrected chi connectivity index (χ2v) is 4.68. The molecular weight excluding hydrogens is 278 g/mol. The Hall–Kier alpha value is -2.50. The molecule has 0 bridgehead atoms. The van der Waals surface area contributed by atoms with Gasteiger partial charge in [0.25, 0.3) is 5.69 Å². The molecule has 0 aliphatic heterocycles. The Morgan fingerprint density at radius 3 is 2.43 bits per heavy atom. The van der Waals surface area contributed by atoms with Gasteiger partial charge in [0.15, 0.2) is 0 Å². The third kappa shape index (κ3) is 3.75. The Bertz CT molecular complexity index is 657. The lowest BCUT2D eigenvalue weighted by Gasteiger charge is -2.09.